The van der Waals surface area contributed by atoms with E-state index in [9.17, 15) is 18.0 Å². The van der Waals surface area contributed by atoms with E-state index in [1.54, 1.807) is 13.1 Å². The van der Waals surface area contributed by atoms with Crippen LogP contribution in [-0.4, -0.2) is 17.9 Å². The van der Waals surface area contributed by atoms with Gasteiger partial charge in [-0.2, -0.15) is 13.2 Å². The summed E-state index contributed by atoms with van der Waals surface area (Å²) in [6.45, 7) is 0. The first-order valence-corrected chi connectivity index (χ1v) is 10.5. The Labute approximate surface area is 189 Å². The van der Waals surface area contributed by atoms with Crippen molar-refractivity contribution in [2.75, 3.05) is 7.05 Å². The zero-order valence-electron chi connectivity index (χ0n) is 17.4. The molecule has 2 atom stereocenters. The molecule has 0 saturated carbocycles. The highest BCUT2D eigenvalue weighted by Gasteiger charge is 2.32. The van der Waals surface area contributed by atoms with Crippen molar-refractivity contribution >= 4 is 17.5 Å². The summed E-state index contributed by atoms with van der Waals surface area (Å²) in [5.41, 5.74) is 1.43. The molecule has 0 spiro atoms. The normalized spacial score (nSPS) is 13.4. The number of rotatable bonds is 8. The summed E-state index contributed by atoms with van der Waals surface area (Å²) in [7, 11) is 1.57. The third-order valence-electron chi connectivity index (χ3n) is 5.10. The van der Waals surface area contributed by atoms with Crippen molar-refractivity contribution in [2.24, 2.45) is 0 Å². The van der Waals surface area contributed by atoms with Crippen LogP contribution in [0.2, 0.25) is 5.02 Å². The van der Waals surface area contributed by atoms with Crippen LogP contribution in [0.5, 0.6) is 0 Å². The lowest BCUT2D eigenvalue weighted by atomic mass is 9.96. The molecular formula is C24H23ClF3N3O. The number of aryl methyl sites for hydroxylation is 1. The van der Waals surface area contributed by atoms with Crippen molar-refractivity contribution in [3.05, 3.63) is 100 Å². The summed E-state index contributed by atoms with van der Waals surface area (Å²) >= 11 is 6.19. The van der Waals surface area contributed by atoms with E-state index in [0.29, 0.717) is 23.4 Å². The number of alkyl halides is 3. The molecule has 1 heterocycles. The Kier molecular flexibility index (Phi) is 7.88. The standard InChI is InChI=1S/C24H23ClF3N3O/c1-29-23(32)22(17-6-3-2-4-7-17)31-20(18-8-5-9-19(25)14-18)12-10-16-11-13-21(30-15-16)24(26,27)28/h2-9,11,13-15,20,22,31H,10,12H2,1H3,(H,29,32)/t20-,22-/m0/s1. The summed E-state index contributed by atoms with van der Waals surface area (Å²) in [6, 6.07) is 18.1. The molecule has 0 aliphatic rings. The van der Waals surface area contributed by atoms with Gasteiger partial charge in [-0.25, -0.2) is 0 Å². The minimum Gasteiger partial charge on any atom is -0.358 e. The van der Waals surface area contributed by atoms with Gasteiger partial charge in [0.2, 0.25) is 5.91 Å². The summed E-state index contributed by atoms with van der Waals surface area (Å²) in [6.07, 6.45) is -2.25. The molecule has 4 nitrogen and oxygen atoms in total. The molecule has 2 aromatic carbocycles. The molecule has 3 rings (SSSR count). The molecule has 8 heteroatoms. The van der Waals surface area contributed by atoms with Crippen molar-refractivity contribution in [3.8, 4) is 0 Å². The first-order valence-electron chi connectivity index (χ1n) is 10.1. The lowest BCUT2D eigenvalue weighted by Gasteiger charge is -2.26. The molecule has 0 saturated heterocycles. The highest BCUT2D eigenvalue weighted by Crippen LogP contribution is 2.29. The lowest BCUT2D eigenvalue weighted by Crippen LogP contribution is -2.38. The van der Waals surface area contributed by atoms with Gasteiger partial charge in [0.1, 0.15) is 11.7 Å². The number of carbonyl (C=O) groups is 1. The van der Waals surface area contributed by atoms with Crippen LogP contribution in [0.15, 0.2) is 72.9 Å². The number of aromatic nitrogens is 1. The van der Waals surface area contributed by atoms with E-state index in [-0.39, 0.29) is 11.9 Å². The minimum absolute atomic E-state index is 0.195. The zero-order valence-corrected chi connectivity index (χ0v) is 18.1. The highest BCUT2D eigenvalue weighted by molar-refractivity contribution is 6.30. The van der Waals surface area contributed by atoms with E-state index in [1.165, 1.54) is 12.3 Å². The van der Waals surface area contributed by atoms with Crippen LogP contribution in [-0.2, 0) is 17.4 Å². The van der Waals surface area contributed by atoms with E-state index >= 15 is 0 Å². The predicted molar refractivity (Wildman–Crippen MR) is 118 cm³/mol. The molecule has 0 bridgehead atoms. The topological polar surface area (TPSA) is 54.0 Å². The number of nitrogens with one attached hydrogen (secondary N) is 2. The number of likely N-dealkylation sites (N-methyl/N-ethyl adjacent to an activating group) is 1. The van der Waals surface area contributed by atoms with Crippen molar-refractivity contribution in [3.63, 3.8) is 0 Å². The lowest BCUT2D eigenvalue weighted by molar-refractivity contribution is -0.141. The zero-order chi connectivity index (χ0) is 23.1. The molecule has 168 valence electrons. The van der Waals surface area contributed by atoms with Gasteiger partial charge in [-0.15, -0.1) is 0 Å². The van der Waals surface area contributed by atoms with Gasteiger partial charge >= 0.3 is 6.18 Å². The largest absolute Gasteiger partial charge is 0.433 e. The Balaban J connectivity index is 1.84. The van der Waals surface area contributed by atoms with E-state index in [4.69, 9.17) is 11.6 Å². The molecule has 2 N–H and O–H groups in total. The Morgan fingerprint density at radius 3 is 2.34 bits per heavy atom. The van der Waals surface area contributed by atoms with Crippen LogP contribution in [0.4, 0.5) is 13.2 Å². The number of benzene rings is 2. The molecule has 32 heavy (non-hydrogen) atoms. The molecule has 1 amide bonds. The van der Waals surface area contributed by atoms with E-state index in [1.807, 2.05) is 48.5 Å². The van der Waals surface area contributed by atoms with E-state index < -0.39 is 17.9 Å². The quantitative estimate of drug-likeness (QED) is 0.465. The molecule has 0 radical (unpaired) electrons. The first-order chi connectivity index (χ1) is 15.3. The molecule has 0 fully saturated rings. The van der Waals surface area contributed by atoms with Crippen LogP contribution < -0.4 is 10.6 Å². The van der Waals surface area contributed by atoms with E-state index in [0.717, 1.165) is 17.2 Å². The maximum Gasteiger partial charge on any atom is 0.433 e. The van der Waals surface area contributed by atoms with Crippen LogP contribution >= 0.6 is 11.6 Å². The van der Waals surface area contributed by atoms with Gasteiger partial charge in [0, 0.05) is 24.3 Å². The number of hydrogen-bond acceptors (Lipinski definition) is 3. The van der Waals surface area contributed by atoms with Gasteiger partial charge in [-0.3, -0.25) is 15.1 Å². The molecule has 0 aliphatic heterocycles. The molecule has 1 aromatic heterocycles. The third kappa shape index (κ3) is 6.31. The summed E-state index contributed by atoms with van der Waals surface area (Å²) < 4.78 is 38.4. The van der Waals surface area contributed by atoms with Gasteiger partial charge in [0.15, 0.2) is 0 Å². The third-order valence-corrected chi connectivity index (χ3v) is 5.33. The van der Waals surface area contributed by atoms with E-state index in [2.05, 4.69) is 15.6 Å². The fourth-order valence-electron chi connectivity index (χ4n) is 3.43. The average molecular weight is 462 g/mol. The van der Waals surface area contributed by atoms with Crippen molar-refractivity contribution in [1.82, 2.24) is 15.6 Å². The fourth-order valence-corrected chi connectivity index (χ4v) is 3.63. The average Bonchev–Trinajstić information content (AvgIpc) is 2.79. The highest BCUT2D eigenvalue weighted by atomic mass is 35.5. The van der Waals surface area contributed by atoms with Crippen LogP contribution in [0.25, 0.3) is 0 Å². The van der Waals surface area contributed by atoms with Crippen LogP contribution in [0.3, 0.4) is 0 Å². The maximum atomic E-state index is 12.8. The second-order valence-electron chi connectivity index (χ2n) is 7.32. The number of amides is 1. The minimum atomic E-state index is -4.47. The van der Waals surface area contributed by atoms with Crippen molar-refractivity contribution < 1.29 is 18.0 Å². The second kappa shape index (κ2) is 10.6. The van der Waals surface area contributed by atoms with Gasteiger partial charge in [0.05, 0.1) is 0 Å². The Morgan fingerprint density at radius 1 is 1.03 bits per heavy atom. The Morgan fingerprint density at radius 2 is 1.75 bits per heavy atom. The van der Waals surface area contributed by atoms with Crippen molar-refractivity contribution in [1.29, 1.82) is 0 Å². The summed E-state index contributed by atoms with van der Waals surface area (Å²) in [4.78, 5) is 16.2. The SMILES string of the molecule is CNC(=O)[C@@H](N[C@@H](CCc1ccc(C(F)(F)F)nc1)c1cccc(Cl)c1)c1ccccc1. The van der Waals surface area contributed by atoms with Gasteiger partial charge < -0.3 is 5.32 Å². The summed E-state index contributed by atoms with van der Waals surface area (Å²) in [5, 5.41) is 6.64. The molecule has 3 aromatic rings. The number of nitrogens with zero attached hydrogens (tertiary/aromatic N) is 1. The molecular weight excluding hydrogens is 439 g/mol. The number of halogens is 4. The van der Waals surface area contributed by atoms with Gasteiger partial charge in [-0.05, 0) is 47.7 Å². The monoisotopic (exact) mass is 461 g/mol. The van der Waals surface area contributed by atoms with Crippen molar-refractivity contribution in [2.45, 2.75) is 31.1 Å². The second-order valence-corrected chi connectivity index (χ2v) is 7.76. The summed E-state index contributed by atoms with van der Waals surface area (Å²) in [5.74, 6) is -0.195. The fraction of sp³-hybridized carbons (Fsp3) is 0.250. The first kappa shape index (κ1) is 23.8. The molecule has 0 unspecified atom stereocenters. The van der Waals surface area contributed by atoms with Gasteiger partial charge in [0.25, 0.3) is 0 Å². The van der Waals surface area contributed by atoms with Crippen LogP contribution in [0, 0.1) is 0 Å². The smallest absolute Gasteiger partial charge is 0.358 e. The number of carbonyl (C=O) groups excluding carboxylic acids is 1. The van der Waals surface area contributed by atoms with Gasteiger partial charge in [-0.1, -0.05) is 60.1 Å². The Bertz CT molecular complexity index is 1030. The number of pyridine rings is 1. The predicted octanol–water partition coefficient (Wildman–Crippen LogP) is 5.50. The van der Waals surface area contributed by atoms with Crippen LogP contribution in [0.1, 0.15) is 40.9 Å². The maximum absolute atomic E-state index is 12.8. The molecule has 0 aliphatic carbocycles. The Hall–Kier alpha value is -2.90. The number of hydrogen-bond donors (Lipinski definition) is 2.